The van der Waals surface area contributed by atoms with E-state index in [0.29, 0.717) is 17.2 Å². The number of halogens is 1. The molecule has 1 rings (SSSR count). The molecule has 0 saturated carbocycles. The van der Waals surface area contributed by atoms with E-state index in [9.17, 15) is 5.11 Å². The Bertz CT molecular complexity index is 342. The SMILES string of the molecule is CCC(O)COc1ccc(Cl)cc1[C@H](C)N. The summed E-state index contributed by atoms with van der Waals surface area (Å²) in [6.45, 7) is 4.05. The Hall–Kier alpha value is -0.770. The molecule has 1 aromatic carbocycles. The quantitative estimate of drug-likeness (QED) is 0.836. The molecule has 3 nitrogen and oxygen atoms in total. The number of hydrogen-bond donors (Lipinski definition) is 2. The van der Waals surface area contributed by atoms with Gasteiger partial charge in [0.15, 0.2) is 0 Å². The van der Waals surface area contributed by atoms with Gasteiger partial charge in [-0.25, -0.2) is 0 Å². The van der Waals surface area contributed by atoms with Gasteiger partial charge >= 0.3 is 0 Å². The second-order valence-corrected chi connectivity index (χ2v) is 4.28. The Labute approximate surface area is 101 Å². The Kier molecular flexibility index (Phi) is 5.06. The summed E-state index contributed by atoms with van der Waals surface area (Å²) in [6.07, 6.45) is 0.220. The Morgan fingerprint density at radius 1 is 1.50 bits per heavy atom. The molecule has 0 spiro atoms. The van der Waals surface area contributed by atoms with E-state index in [2.05, 4.69) is 0 Å². The van der Waals surface area contributed by atoms with Crippen molar-refractivity contribution in [3.63, 3.8) is 0 Å². The van der Waals surface area contributed by atoms with E-state index in [1.165, 1.54) is 0 Å². The predicted molar refractivity (Wildman–Crippen MR) is 65.8 cm³/mol. The molecule has 2 atom stereocenters. The van der Waals surface area contributed by atoms with Crippen LogP contribution >= 0.6 is 11.6 Å². The number of benzene rings is 1. The Morgan fingerprint density at radius 3 is 2.75 bits per heavy atom. The van der Waals surface area contributed by atoms with Crippen molar-refractivity contribution in [3.8, 4) is 5.75 Å². The largest absolute Gasteiger partial charge is 0.491 e. The van der Waals surface area contributed by atoms with Crippen LogP contribution in [0.1, 0.15) is 31.9 Å². The van der Waals surface area contributed by atoms with Crippen LogP contribution < -0.4 is 10.5 Å². The molecule has 0 fully saturated rings. The predicted octanol–water partition coefficient (Wildman–Crippen LogP) is 2.51. The Balaban J connectivity index is 2.78. The first kappa shape index (κ1) is 13.3. The topological polar surface area (TPSA) is 55.5 Å². The highest BCUT2D eigenvalue weighted by Gasteiger charge is 2.10. The number of ether oxygens (including phenoxy) is 1. The number of nitrogens with two attached hydrogens (primary N) is 1. The fraction of sp³-hybridized carbons (Fsp3) is 0.500. The van der Waals surface area contributed by atoms with Gasteiger partial charge < -0.3 is 15.6 Å². The van der Waals surface area contributed by atoms with Crippen molar-refractivity contribution in [1.29, 1.82) is 0 Å². The zero-order valence-corrected chi connectivity index (χ0v) is 10.4. The number of aliphatic hydroxyl groups is 1. The summed E-state index contributed by atoms with van der Waals surface area (Å²) in [5.41, 5.74) is 6.68. The highest BCUT2D eigenvalue weighted by Crippen LogP contribution is 2.27. The summed E-state index contributed by atoms with van der Waals surface area (Å²) in [6, 6.07) is 5.18. The van der Waals surface area contributed by atoms with Crippen molar-refractivity contribution >= 4 is 11.6 Å². The monoisotopic (exact) mass is 243 g/mol. The summed E-state index contributed by atoms with van der Waals surface area (Å²) in [5, 5.41) is 10.1. The van der Waals surface area contributed by atoms with E-state index in [4.69, 9.17) is 22.1 Å². The molecule has 3 N–H and O–H groups in total. The van der Waals surface area contributed by atoms with E-state index in [-0.39, 0.29) is 12.6 Å². The fourth-order valence-corrected chi connectivity index (χ4v) is 1.49. The minimum Gasteiger partial charge on any atom is -0.491 e. The minimum atomic E-state index is -0.448. The zero-order chi connectivity index (χ0) is 12.1. The lowest BCUT2D eigenvalue weighted by atomic mass is 10.1. The first-order chi connectivity index (χ1) is 7.54. The summed E-state index contributed by atoms with van der Waals surface area (Å²) in [5.74, 6) is 0.687. The number of hydrogen-bond acceptors (Lipinski definition) is 3. The molecule has 90 valence electrons. The van der Waals surface area contributed by atoms with E-state index in [1.807, 2.05) is 13.8 Å². The summed E-state index contributed by atoms with van der Waals surface area (Å²) in [7, 11) is 0. The normalized spacial score (nSPS) is 14.6. The van der Waals surface area contributed by atoms with Crippen LogP contribution in [0.15, 0.2) is 18.2 Å². The molecule has 16 heavy (non-hydrogen) atoms. The van der Waals surface area contributed by atoms with Crippen LogP contribution in [-0.4, -0.2) is 17.8 Å². The molecule has 0 aromatic heterocycles. The van der Waals surface area contributed by atoms with Gasteiger partial charge in [-0.3, -0.25) is 0 Å². The third-order valence-corrected chi connectivity index (χ3v) is 2.60. The van der Waals surface area contributed by atoms with Crippen molar-refractivity contribution < 1.29 is 9.84 Å². The van der Waals surface area contributed by atoms with Gasteiger partial charge in [-0.1, -0.05) is 18.5 Å². The van der Waals surface area contributed by atoms with E-state index < -0.39 is 6.10 Å². The number of aliphatic hydroxyl groups excluding tert-OH is 1. The standard InChI is InChI=1S/C12H18ClNO2/c1-3-10(15)7-16-12-5-4-9(13)6-11(12)8(2)14/h4-6,8,10,15H,3,7,14H2,1-2H3/t8-,10?/m0/s1. The van der Waals surface area contributed by atoms with Gasteiger partial charge in [0, 0.05) is 16.6 Å². The van der Waals surface area contributed by atoms with Crippen LogP contribution in [-0.2, 0) is 0 Å². The smallest absolute Gasteiger partial charge is 0.124 e. The molecule has 0 aliphatic heterocycles. The molecule has 0 amide bonds. The lowest BCUT2D eigenvalue weighted by Gasteiger charge is -2.16. The molecule has 0 aliphatic carbocycles. The highest BCUT2D eigenvalue weighted by atomic mass is 35.5. The molecule has 4 heteroatoms. The van der Waals surface area contributed by atoms with Gasteiger partial charge in [-0.15, -0.1) is 0 Å². The van der Waals surface area contributed by atoms with E-state index >= 15 is 0 Å². The summed E-state index contributed by atoms with van der Waals surface area (Å²) >= 11 is 5.89. The van der Waals surface area contributed by atoms with Crippen molar-refractivity contribution in [2.24, 2.45) is 5.73 Å². The molecule has 0 heterocycles. The summed E-state index contributed by atoms with van der Waals surface area (Å²) < 4.78 is 5.52. The maximum absolute atomic E-state index is 9.42. The van der Waals surface area contributed by atoms with E-state index in [0.717, 1.165) is 5.56 Å². The van der Waals surface area contributed by atoms with Gasteiger partial charge in [0.25, 0.3) is 0 Å². The van der Waals surface area contributed by atoms with Crippen molar-refractivity contribution in [1.82, 2.24) is 0 Å². The van der Waals surface area contributed by atoms with Gasteiger partial charge in [-0.2, -0.15) is 0 Å². The van der Waals surface area contributed by atoms with Crippen molar-refractivity contribution in [3.05, 3.63) is 28.8 Å². The average molecular weight is 244 g/mol. The first-order valence-corrected chi connectivity index (χ1v) is 5.78. The molecule has 0 aliphatic rings. The maximum atomic E-state index is 9.42. The zero-order valence-electron chi connectivity index (χ0n) is 9.61. The maximum Gasteiger partial charge on any atom is 0.124 e. The van der Waals surface area contributed by atoms with Gasteiger partial charge in [0.2, 0.25) is 0 Å². The van der Waals surface area contributed by atoms with Crippen molar-refractivity contribution in [2.45, 2.75) is 32.4 Å². The second kappa shape index (κ2) is 6.09. The first-order valence-electron chi connectivity index (χ1n) is 5.40. The molecule has 1 aromatic rings. The highest BCUT2D eigenvalue weighted by molar-refractivity contribution is 6.30. The second-order valence-electron chi connectivity index (χ2n) is 3.84. The average Bonchev–Trinajstić information content (AvgIpc) is 2.26. The van der Waals surface area contributed by atoms with Gasteiger partial charge in [-0.05, 0) is 31.5 Å². The minimum absolute atomic E-state index is 0.146. The fourth-order valence-electron chi connectivity index (χ4n) is 1.31. The lowest BCUT2D eigenvalue weighted by Crippen LogP contribution is -2.17. The van der Waals surface area contributed by atoms with Crippen LogP contribution in [0.3, 0.4) is 0 Å². The molecule has 0 saturated heterocycles. The molecule has 1 unspecified atom stereocenters. The molecular formula is C12H18ClNO2. The Morgan fingerprint density at radius 2 is 2.19 bits per heavy atom. The molecule has 0 bridgehead atoms. The van der Waals surface area contributed by atoms with Crippen LogP contribution in [0.2, 0.25) is 5.02 Å². The van der Waals surface area contributed by atoms with Gasteiger partial charge in [0.1, 0.15) is 12.4 Å². The third-order valence-electron chi connectivity index (χ3n) is 2.36. The lowest BCUT2D eigenvalue weighted by molar-refractivity contribution is 0.103. The van der Waals surface area contributed by atoms with Crippen molar-refractivity contribution in [2.75, 3.05) is 6.61 Å². The van der Waals surface area contributed by atoms with E-state index in [1.54, 1.807) is 18.2 Å². The molecular weight excluding hydrogens is 226 g/mol. The molecule has 0 radical (unpaired) electrons. The van der Waals surface area contributed by atoms with Crippen LogP contribution in [0, 0.1) is 0 Å². The van der Waals surface area contributed by atoms with Gasteiger partial charge in [0.05, 0.1) is 6.10 Å². The van der Waals surface area contributed by atoms with Crippen LogP contribution in [0.25, 0.3) is 0 Å². The summed E-state index contributed by atoms with van der Waals surface area (Å²) in [4.78, 5) is 0. The van der Waals surface area contributed by atoms with Crippen LogP contribution in [0.4, 0.5) is 0 Å². The van der Waals surface area contributed by atoms with Crippen LogP contribution in [0.5, 0.6) is 5.75 Å². The third kappa shape index (κ3) is 3.67. The number of rotatable bonds is 5.